The van der Waals surface area contributed by atoms with Gasteiger partial charge in [-0.15, -0.1) is 0 Å². The average Bonchev–Trinajstić information content (AvgIpc) is 1.82. The Balaban J connectivity index is 0.000000640. The van der Waals surface area contributed by atoms with Crippen LogP contribution in [-0.2, 0) is 4.74 Å². The first-order chi connectivity index (χ1) is 3.60. The van der Waals surface area contributed by atoms with Crippen molar-refractivity contribution in [3.8, 4) is 0 Å². The minimum atomic E-state index is -0.420. The molecule has 1 heterocycles. The smallest absolute Gasteiger partial charge is 0.375 e. The van der Waals surface area contributed by atoms with Crippen LogP contribution in [0.25, 0.3) is 0 Å². The van der Waals surface area contributed by atoms with Crippen LogP contribution in [0.4, 0.5) is 4.79 Å². The van der Waals surface area contributed by atoms with E-state index >= 15 is 0 Å². The minimum absolute atomic E-state index is 0. The molecule has 1 amide bonds. The molecule has 1 aliphatic rings. The maximum Gasteiger partial charge on any atom is 0.375 e. The zero-order valence-corrected chi connectivity index (χ0v) is 9.07. The van der Waals surface area contributed by atoms with Crippen LogP contribution in [0, 0.1) is 36.5 Å². The number of nitrogens with one attached hydrogen (secondary N) is 1. The van der Waals surface area contributed by atoms with Crippen molar-refractivity contribution in [2.45, 2.75) is 19.4 Å². The number of amides is 1. The molecule has 0 saturated carbocycles. The molecule has 0 aliphatic carbocycles. The zero-order chi connectivity index (χ0) is 6.20. The van der Waals surface area contributed by atoms with Crippen molar-refractivity contribution in [2.75, 3.05) is 0 Å². The van der Waals surface area contributed by atoms with E-state index in [-0.39, 0.29) is 36.0 Å². The van der Waals surface area contributed by atoms with Gasteiger partial charge in [-0.05, 0) is 0 Å². The number of rotatable bonds is 0. The number of ether oxygens (including phenoxy) is 1. The summed E-state index contributed by atoms with van der Waals surface area (Å²) < 4.78 is 4.74. The van der Waals surface area contributed by atoms with Crippen LogP contribution in [0.15, 0.2) is 0 Å². The Morgan fingerprint density at radius 2 is 2.22 bits per heavy atom. The second-order valence-corrected chi connectivity index (χ2v) is 2.28. The molecule has 0 aromatic carbocycles. The largest absolute Gasteiger partial charge is 0.477 e. The summed E-state index contributed by atoms with van der Waals surface area (Å²) in [5.74, 6) is 0. The fourth-order valence-electron chi connectivity index (χ4n) is 0.531. The molecule has 1 rings (SSSR count). The molecule has 0 atom stereocenters. The SMILES string of the molecule is CC1(C)[CH-]NC(=O)O1.[Np]. The number of alkyl carbamates (subject to hydrolysis) is 1. The summed E-state index contributed by atoms with van der Waals surface area (Å²) >= 11 is 0. The average molecular weight is 351 g/mol. The van der Waals surface area contributed by atoms with Crippen LogP contribution < -0.4 is 5.32 Å². The molecular weight excluding hydrogens is 343 g/mol. The number of hydrogen-bond donors (Lipinski definition) is 1. The van der Waals surface area contributed by atoms with E-state index in [4.69, 9.17) is 4.74 Å². The Labute approximate surface area is 76.8 Å². The van der Waals surface area contributed by atoms with Gasteiger partial charge >= 0.3 is 6.09 Å². The second-order valence-electron chi connectivity index (χ2n) is 2.28. The summed E-state index contributed by atoms with van der Waals surface area (Å²) in [6.45, 7) is 5.24. The molecule has 1 saturated heterocycles. The number of hydrogen-bond acceptors (Lipinski definition) is 2. The first-order valence-corrected chi connectivity index (χ1v) is 2.44. The first-order valence-electron chi connectivity index (χ1n) is 2.44. The van der Waals surface area contributed by atoms with E-state index in [1.165, 1.54) is 0 Å². The molecular formula is C5H8NNpO2-. The number of carbonyl (C=O) groups excluding carboxylic acids is 1. The third-order valence-electron chi connectivity index (χ3n) is 0.893. The van der Waals surface area contributed by atoms with Gasteiger partial charge in [-0.1, -0.05) is 13.8 Å². The summed E-state index contributed by atoms with van der Waals surface area (Å²) in [7, 11) is 0. The van der Waals surface area contributed by atoms with Crippen molar-refractivity contribution in [3.05, 3.63) is 6.54 Å². The van der Waals surface area contributed by atoms with Crippen LogP contribution in [-0.4, -0.2) is 11.7 Å². The Kier molecular flexibility index (Phi) is 3.00. The quantitative estimate of drug-likeness (QED) is 0.652. The maximum atomic E-state index is 10.3. The van der Waals surface area contributed by atoms with Crippen LogP contribution >= 0.6 is 0 Å². The standard InChI is InChI=1S/C5H8NO2.Np/c1-5(2)3-6-4(7)8-5;/h3H,1-2H3,(H,6,7);/q-1;. The van der Waals surface area contributed by atoms with Crippen LogP contribution in [0.2, 0.25) is 0 Å². The molecule has 9 heavy (non-hydrogen) atoms. The van der Waals surface area contributed by atoms with Crippen LogP contribution in [0.1, 0.15) is 13.8 Å². The van der Waals surface area contributed by atoms with Gasteiger partial charge in [-0.3, -0.25) is 0 Å². The predicted molar refractivity (Wildman–Crippen MR) is 28.0 cm³/mol. The van der Waals surface area contributed by atoms with E-state index in [9.17, 15) is 4.79 Å². The van der Waals surface area contributed by atoms with Gasteiger partial charge in [0, 0.05) is 35.5 Å². The Morgan fingerprint density at radius 3 is 2.33 bits per heavy atom. The Bertz CT molecular complexity index is 124. The molecule has 4 heteroatoms. The van der Waals surface area contributed by atoms with E-state index in [0.29, 0.717) is 0 Å². The van der Waals surface area contributed by atoms with Crippen molar-refractivity contribution in [1.29, 1.82) is 0 Å². The Morgan fingerprint density at radius 1 is 1.67 bits per heavy atom. The molecule has 0 bridgehead atoms. The van der Waals surface area contributed by atoms with Crippen LogP contribution in [0.3, 0.4) is 0 Å². The number of cyclic esters (lactones) is 1. The maximum absolute atomic E-state index is 10.3. The van der Waals surface area contributed by atoms with Crippen molar-refractivity contribution >= 4 is 6.09 Å². The summed E-state index contributed by atoms with van der Waals surface area (Å²) in [4.78, 5) is 10.3. The van der Waals surface area contributed by atoms with Crippen molar-refractivity contribution in [1.82, 2.24) is 5.32 Å². The van der Waals surface area contributed by atoms with Crippen molar-refractivity contribution in [3.63, 3.8) is 0 Å². The second kappa shape index (κ2) is 2.91. The molecule has 1 N–H and O–H groups in total. The van der Waals surface area contributed by atoms with E-state index in [1.54, 1.807) is 6.54 Å². The first kappa shape index (κ1) is 9.28. The molecule has 0 aromatic rings. The molecule has 1 aliphatic heterocycles. The van der Waals surface area contributed by atoms with Gasteiger partial charge in [0.1, 0.15) is 0 Å². The topological polar surface area (TPSA) is 38.3 Å². The van der Waals surface area contributed by atoms with E-state index in [1.807, 2.05) is 13.8 Å². The third kappa shape index (κ3) is 2.57. The number of carbonyl (C=O) groups is 1. The minimum Gasteiger partial charge on any atom is -0.477 e. The molecule has 51 valence electrons. The zero-order valence-electron chi connectivity index (χ0n) is 5.34. The van der Waals surface area contributed by atoms with Gasteiger partial charge in [0.25, 0.3) is 0 Å². The van der Waals surface area contributed by atoms with Crippen LogP contribution in [0.5, 0.6) is 0 Å². The molecule has 0 unspecified atom stereocenters. The van der Waals surface area contributed by atoms with Gasteiger partial charge in [-0.2, -0.15) is 6.54 Å². The molecule has 1 radical (unpaired) electrons. The molecule has 0 aromatic heterocycles. The normalized spacial score (nSPS) is 21.8. The Hall–Kier alpha value is 0.283. The fraction of sp³-hybridized carbons (Fsp3) is 0.600. The third-order valence-corrected chi connectivity index (χ3v) is 0.893. The van der Waals surface area contributed by atoms with Gasteiger partial charge in [0.2, 0.25) is 0 Å². The van der Waals surface area contributed by atoms with Gasteiger partial charge in [0.05, 0.1) is 0 Å². The summed E-state index contributed by atoms with van der Waals surface area (Å²) in [5, 5.41) is 2.42. The summed E-state index contributed by atoms with van der Waals surface area (Å²) in [6, 6.07) is 0. The summed E-state index contributed by atoms with van der Waals surface area (Å²) in [5.41, 5.74) is -0.420. The fourth-order valence-corrected chi connectivity index (χ4v) is 0.531. The van der Waals surface area contributed by atoms with Crippen molar-refractivity contribution < 1.29 is 39.5 Å². The van der Waals surface area contributed by atoms with E-state index < -0.39 is 5.60 Å². The summed E-state index contributed by atoms with van der Waals surface area (Å²) in [6.07, 6.45) is -0.366. The molecule has 1 fully saturated rings. The molecule has 0 spiro atoms. The van der Waals surface area contributed by atoms with E-state index in [0.717, 1.165) is 0 Å². The predicted octanol–water partition coefficient (Wildman–Crippen LogP) is 0.667. The van der Waals surface area contributed by atoms with Gasteiger partial charge in [-0.25, -0.2) is 4.79 Å². The van der Waals surface area contributed by atoms with Gasteiger partial charge < -0.3 is 10.1 Å². The van der Waals surface area contributed by atoms with E-state index in [2.05, 4.69) is 5.32 Å². The monoisotopic (exact) mass is 350 g/mol. The van der Waals surface area contributed by atoms with Crippen molar-refractivity contribution in [2.24, 2.45) is 0 Å². The molecule has 3 nitrogen and oxygen atoms in total. The van der Waals surface area contributed by atoms with Gasteiger partial charge in [0.15, 0.2) is 0 Å².